The maximum atomic E-state index is 12.6. The van der Waals surface area contributed by atoms with Gasteiger partial charge in [-0.1, -0.05) is 36.0 Å². The summed E-state index contributed by atoms with van der Waals surface area (Å²) in [6.07, 6.45) is 0. The summed E-state index contributed by atoms with van der Waals surface area (Å²) in [6, 6.07) is 20.9. The highest BCUT2D eigenvalue weighted by atomic mass is 32.2. The summed E-state index contributed by atoms with van der Waals surface area (Å²) in [6.45, 7) is 1.85. The molecule has 1 amide bonds. The molecule has 1 atom stereocenters. The molecular formula is C22H20N4O2S2. The van der Waals surface area contributed by atoms with Crippen molar-refractivity contribution in [3.63, 3.8) is 0 Å². The van der Waals surface area contributed by atoms with E-state index in [4.69, 9.17) is 4.74 Å². The van der Waals surface area contributed by atoms with Crippen molar-refractivity contribution in [3.8, 4) is 22.2 Å². The normalized spacial score (nSPS) is 11.8. The molecule has 0 radical (unpaired) electrons. The standard InChI is InChI=1S/C22H20N4O2S2/c1-15(30-22-25-24-20(26(22)2)19-9-6-14-29-19)21(27)23-16-10-12-18(13-11-16)28-17-7-4-3-5-8-17/h3-15H,1-2H3,(H,23,27). The van der Waals surface area contributed by atoms with Gasteiger partial charge in [-0.15, -0.1) is 21.5 Å². The number of anilines is 1. The van der Waals surface area contributed by atoms with Crippen molar-refractivity contribution in [2.75, 3.05) is 5.32 Å². The van der Waals surface area contributed by atoms with Gasteiger partial charge in [-0.25, -0.2) is 0 Å². The third kappa shape index (κ3) is 4.72. The van der Waals surface area contributed by atoms with Crippen molar-refractivity contribution in [1.82, 2.24) is 14.8 Å². The minimum Gasteiger partial charge on any atom is -0.457 e. The van der Waals surface area contributed by atoms with Gasteiger partial charge in [0.2, 0.25) is 5.91 Å². The molecule has 152 valence electrons. The number of benzene rings is 2. The summed E-state index contributed by atoms with van der Waals surface area (Å²) in [5.41, 5.74) is 0.713. The molecule has 1 N–H and O–H groups in total. The number of rotatable bonds is 7. The number of carbonyl (C=O) groups is 1. The van der Waals surface area contributed by atoms with Gasteiger partial charge in [-0.05, 0) is 54.8 Å². The van der Waals surface area contributed by atoms with Crippen LogP contribution < -0.4 is 10.1 Å². The van der Waals surface area contributed by atoms with Gasteiger partial charge in [0.15, 0.2) is 11.0 Å². The number of amides is 1. The molecule has 0 aliphatic heterocycles. The van der Waals surface area contributed by atoms with Crippen LogP contribution in [0.1, 0.15) is 6.92 Å². The average Bonchev–Trinajstić information content (AvgIpc) is 3.40. The molecule has 4 aromatic rings. The van der Waals surface area contributed by atoms with Crippen LogP contribution in [-0.4, -0.2) is 25.9 Å². The molecule has 6 nitrogen and oxygen atoms in total. The monoisotopic (exact) mass is 436 g/mol. The molecule has 2 aromatic carbocycles. The number of hydrogen-bond donors (Lipinski definition) is 1. The minimum atomic E-state index is -0.329. The van der Waals surface area contributed by atoms with E-state index in [1.807, 2.05) is 90.6 Å². The van der Waals surface area contributed by atoms with Crippen LogP contribution in [0.2, 0.25) is 0 Å². The molecule has 4 rings (SSSR count). The number of para-hydroxylation sites is 1. The number of nitrogens with one attached hydrogen (secondary N) is 1. The molecule has 0 saturated heterocycles. The van der Waals surface area contributed by atoms with Gasteiger partial charge >= 0.3 is 0 Å². The van der Waals surface area contributed by atoms with Crippen LogP contribution in [0.15, 0.2) is 77.3 Å². The van der Waals surface area contributed by atoms with Crippen molar-refractivity contribution < 1.29 is 9.53 Å². The van der Waals surface area contributed by atoms with E-state index in [1.165, 1.54) is 11.8 Å². The summed E-state index contributed by atoms with van der Waals surface area (Å²) in [7, 11) is 1.91. The Hall–Kier alpha value is -3.10. The predicted molar refractivity (Wildman–Crippen MR) is 121 cm³/mol. The third-order valence-corrected chi connectivity index (χ3v) is 6.33. The number of hydrogen-bond acceptors (Lipinski definition) is 6. The second kappa shape index (κ2) is 9.15. The Balaban J connectivity index is 1.36. The molecule has 1 unspecified atom stereocenters. The average molecular weight is 437 g/mol. The molecule has 0 aliphatic rings. The van der Waals surface area contributed by atoms with Gasteiger partial charge in [0.1, 0.15) is 11.5 Å². The summed E-state index contributed by atoms with van der Waals surface area (Å²) in [5.74, 6) is 2.18. The van der Waals surface area contributed by atoms with E-state index in [0.29, 0.717) is 16.6 Å². The molecule has 0 aliphatic carbocycles. The number of thiophene rings is 1. The number of ether oxygens (including phenoxy) is 1. The second-order valence-electron chi connectivity index (χ2n) is 6.53. The number of nitrogens with zero attached hydrogens (tertiary/aromatic N) is 3. The smallest absolute Gasteiger partial charge is 0.237 e. The van der Waals surface area contributed by atoms with E-state index < -0.39 is 0 Å². The zero-order valence-corrected chi connectivity index (χ0v) is 18.1. The van der Waals surface area contributed by atoms with Crippen molar-refractivity contribution in [3.05, 3.63) is 72.1 Å². The lowest BCUT2D eigenvalue weighted by Gasteiger charge is -2.12. The van der Waals surface area contributed by atoms with E-state index in [2.05, 4.69) is 15.5 Å². The fourth-order valence-electron chi connectivity index (χ4n) is 2.72. The van der Waals surface area contributed by atoms with Gasteiger partial charge in [-0.3, -0.25) is 4.79 Å². The largest absolute Gasteiger partial charge is 0.457 e. The van der Waals surface area contributed by atoms with Crippen LogP contribution in [0.5, 0.6) is 11.5 Å². The Morgan fingerprint density at radius 3 is 2.47 bits per heavy atom. The number of carbonyl (C=O) groups excluding carboxylic acids is 1. The van der Waals surface area contributed by atoms with Crippen LogP contribution in [0.3, 0.4) is 0 Å². The fraction of sp³-hybridized carbons (Fsp3) is 0.136. The molecule has 2 aromatic heterocycles. The Morgan fingerprint density at radius 2 is 1.77 bits per heavy atom. The zero-order chi connectivity index (χ0) is 20.9. The highest BCUT2D eigenvalue weighted by Gasteiger charge is 2.19. The van der Waals surface area contributed by atoms with E-state index in [1.54, 1.807) is 11.3 Å². The van der Waals surface area contributed by atoms with Gasteiger partial charge in [0.25, 0.3) is 0 Å². The van der Waals surface area contributed by atoms with Crippen LogP contribution in [-0.2, 0) is 11.8 Å². The van der Waals surface area contributed by atoms with Crippen molar-refractivity contribution in [2.45, 2.75) is 17.3 Å². The van der Waals surface area contributed by atoms with Crippen molar-refractivity contribution >= 4 is 34.7 Å². The predicted octanol–water partition coefficient (Wildman–Crippen LogP) is 5.46. The van der Waals surface area contributed by atoms with Crippen molar-refractivity contribution in [1.29, 1.82) is 0 Å². The second-order valence-corrected chi connectivity index (χ2v) is 8.79. The van der Waals surface area contributed by atoms with Gasteiger partial charge in [0.05, 0.1) is 10.1 Å². The van der Waals surface area contributed by atoms with E-state index >= 15 is 0 Å². The van der Waals surface area contributed by atoms with Crippen LogP contribution >= 0.6 is 23.1 Å². The van der Waals surface area contributed by atoms with Gasteiger partial charge in [0, 0.05) is 12.7 Å². The van der Waals surface area contributed by atoms with E-state index in [9.17, 15) is 4.79 Å². The summed E-state index contributed by atoms with van der Waals surface area (Å²) < 4.78 is 7.69. The minimum absolute atomic E-state index is 0.0996. The first-order valence-electron chi connectivity index (χ1n) is 9.34. The summed E-state index contributed by atoms with van der Waals surface area (Å²) in [5, 5.41) is 13.8. The van der Waals surface area contributed by atoms with E-state index in [0.717, 1.165) is 16.5 Å². The maximum absolute atomic E-state index is 12.6. The summed E-state index contributed by atoms with van der Waals surface area (Å²) in [4.78, 5) is 13.7. The van der Waals surface area contributed by atoms with Gasteiger partial charge in [-0.2, -0.15) is 0 Å². The molecule has 0 saturated carbocycles. The quantitative estimate of drug-likeness (QED) is 0.390. The Labute approximate surface area is 182 Å². The van der Waals surface area contributed by atoms with Gasteiger partial charge < -0.3 is 14.6 Å². The third-order valence-electron chi connectivity index (χ3n) is 4.33. The Kier molecular flexibility index (Phi) is 6.15. The van der Waals surface area contributed by atoms with E-state index in [-0.39, 0.29) is 11.2 Å². The number of aromatic nitrogens is 3. The molecule has 0 spiro atoms. The lowest BCUT2D eigenvalue weighted by molar-refractivity contribution is -0.115. The van der Waals surface area contributed by atoms with Crippen molar-refractivity contribution in [2.24, 2.45) is 7.05 Å². The molecular weight excluding hydrogens is 416 g/mol. The maximum Gasteiger partial charge on any atom is 0.237 e. The first kappa shape index (κ1) is 20.2. The highest BCUT2D eigenvalue weighted by molar-refractivity contribution is 8.00. The molecule has 0 bridgehead atoms. The summed E-state index contributed by atoms with van der Waals surface area (Å²) >= 11 is 2.99. The Bertz CT molecular complexity index is 1110. The molecule has 30 heavy (non-hydrogen) atoms. The first-order valence-corrected chi connectivity index (χ1v) is 11.1. The lowest BCUT2D eigenvalue weighted by atomic mass is 10.3. The topological polar surface area (TPSA) is 69.0 Å². The van der Waals surface area contributed by atoms with Crippen LogP contribution in [0.25, 0.3) is 10.7 Å². The first-order chi connectivity index (χ1) is 14.6. The number of thioether (sulfide) groups is 1. The molecule has 0 fully saturated rings. The zero-order valence-electron chi connectivity index (χ0n) is 16.5. The Morgan fingerprint density at radius 1 is 1.03 bits per heavy atom. The molecule has 2 heterocycles. The van der Waals surface area contributed by atoms with Crippen LogP contribution in [0.4, 0.5) is 5.69 Å². The highest BCUT2D eigenvalue weighted by Crippen LogP contribution is 2.29. The molecule has 8 heteroatoms. The lowest BCUT2D eigenvalue weighted by Crippen LogP contribution is -2.22. The fourth-order valence-corrected chi connectivity index (χ4v) is 4.28. The van der Waals surface area contributed by atoms with Crippen LogP contribution in [0, 0.1) is 0 Å². The SMILES string of the molecule is CC(Sc1nnc(-c2cccs2)n1C)C(=O)Nc1ccc(Oc2ccccc2)cc1.